The Morgan fingerprint density at radius 3 is 2.48 bits per heavy atom. The molecule has 0 atom stereocenters. The van der Waals surface area contributed by atoms with E-state index in [2.05, 4.69) is 15.1 Å². The number of aromatic nitrogens is 2. The van der Waals surface area contributed by atoms with Crippen molar-refractivity contribution in [3.63, 3.8) is 0 Å². The van der Waals surface area contributed by atoms with Crippen LogP contribution in [-0.2, 0) is 23.1 Å². The van der Waals surface area contributed by atoms with Crippen LogP contribution in [0.25, 0.3) is 0 Å². The molecule has 0 aliphatic carbocycles. The van der Waals surface area contributed by atoms with Crippen LogP contribution in [0, 0.1) is 0 Å². The normalized spacial score (nSPS) is 11.2. The molecule has 152 valence electrons. The number of ether oxygens (including phenoxy) is 1. The van der Waals surface area contributed by atoms with Crippen molar-refractivity contribution in [2.24, 2.45) is 0 Å². The quantitative estimate of drug-likeness (QED) is 0.585. The second-order valence-corrected chi connectivity index (χ2v) is 8.13. The highest BCUT2D eigenvalue weighted by molar-refractivity contribution is 7.89. The van der Waals surface area contributed by atoms with Crippen LogP contribution in [0.1, 0.15) is 21.5 Å². The Balaban J connectivity index is 1.67. The summed E-state index contributed by atoms with van der Waals surface area (Å²) in [5.74, 6) is -0.204. The van der Waals surface area contributed by atoms with Crippen LogP contribution in [0.15, 0.2) is 65.8 Å². The van der Waals surface area contributed by atoms with Gasteiger partial charge in [0.1, 0.15) is 10.6 Å². The minimum atomic E-state index is -3.75. The first-order valence-corrected chi connectivity index (χ1v) is 10.4. The van der Waals surface area contributed by atoms with E-state index in [-0.39, 0.29) is 22.1 Å². The molecule has 9 heteroatoms. The van der Waals surface area contributed by atoms with Gasteiger partial charge in [-0.3, -0.25) is 9.48 Å². The number of carbonyl (C=O) groups is 1. The van der Waals surface area contributed by atoms with Crippen molar-refractivity contribution in [2.75, 3.05) is 14.2 Å². The molecule has 3 aromatic rings. The predicted octanol–water partition coefficient (Wildman–Crippen LogP) is 1.78. The highest BCUT2D eigenvalue weighted by Gasteiger charge is 2.20. The fourth-order valence-electron chi connectivity index (χ4n) is 2.77. The van der Waals surface area contributed by atoms with E-state index >= 15 is 0 Å². The van der Waals surface area contributed by atoms with E-state index < -0.39 is 10.0 Å². The zero-order valence-electron chi connectivity index (χ0n) is 16.1. The molecule has 0 radical (unpaired) electrons. The largest absolute Gasteiger partial charge is 0.495 e. The van der Waals surface area contributed by atoms with Crippen molar-refractivity contribution in [1.82, 2.24) is 19.8 Å². The molecular formula is C20H22N4O4S. The molecule has 2 N–H and O–H groups in total. The van der Waals surface area contributed by atoms with Crippen molar-refractivity contribution < 1.29 is 17.9 Å². The molecule has 0 unspecified atom stereocenters. The topological polar surface area (TPSA) is 102 Å². The molecule has 0 aliphatic rings. The number of hydrogen-bond acceptors (Lipinski definition) is 5. The third kappa shape index (κ3) is 5.01. The monoisotopic (exact) mass is 414 g/mol. The fourth-order valence-corrected chi connectivity index (χ4v) is 3.68. The second kappa shape index (κ2) is 8.89. The summed E-state index contributed by atoms with van der Waals surface area (Å²) < 4.78 is 33.5. The predicted molar refractivity (Wildman–Crippen MR) is 108 cm³/mol. The molecule has 8 nitrogen and oxygen atoms in total. The van der Waals surface area contributed by atoms with Gasteiger partial charge >= 0.3 is 0 Å². The maximum absolute atomic E-state index is 12.5. The summed E-state index contributed by atoms with van der Waals surface area (Å²) in [7, 11) is -1.07. The molecule has 0 spiro atoms. The highest BCUT2D eigenvalue weighted by Crippen LogP contribution is 2.24. The number of hydrogen-bond donors (Lipinski definition) is 2. The first-order chi connectivity index (χ1) is 13.9. The first-order valence-electron chi connectivity index (χ1n) is 8.88. The van der Waals surface area contributed by atoms with E-state index in [1.807, 2.05) is 41.2 Å². The Bertz CT molecular complexity index is 1080. The summed E-state index contributed by atoms with van der Waals surface area (Å²) in [6.07, 6.45) is 3.63. The highest BCUT2D eigenvalue weighted by atomic mass is 32.2. The molecule has 0 bridgehead atoms. The molecule has 0 fully saturated rings. The van der Waals surface area contributed by atoms with Crippen LogP contribution >= 0.6 is 0 Å². The van der Waals surface area contributed by atoms with Crippen molar-refractivity contribution in [2.45, 2.75) is 18.0 Å². The minimum absolute atomic E-state index is 0.0851. The van der Waals surface area contributed by atoms with E-state index in [4.69, 9.17) is 4.74 Å². The Morgan fingerprint density at radius 2 is 1.86 bits per heavy atom. The zero-order valence-corrected chi connectivity index (χ0v) is 16.9. The van der Waals surface area contributed by atoms with Crippen LogP contribution in [-0.4, -0.2) is 38.3 Å². The van der Waals surface area contributed by atoms with Gasteiger partial charge in [0, 0.05) is 24.5 Å². The van der Waals surface area contributed by atoms with Crippen molar-refractivity contribution >= 4 is 15.9 Å². The van der Waals surface area contributed by atoms with Crippen LogP contribution < -0.4 is 14.8 Å². The van der Waals surface area contributed by atoms with Crippen molar-refractivity contribution in [3.05, 3.63) is 77.6 Å². The SMILES string of the molecule is CNS(=O)(=O)c1cc(C(=O)NCc2ccc(Cn3cccn3)cc2)ccc1OC. The Kier molecular flexibility index (Phi) is 6.30. The molecule has 0 aliphatic heterocycles. The Labute approximate surface area is 169 Å². The van der Waals surface area contributed by atoms with E-state index in [0.717, 1.165) is 11.1 Å². The lowest BCUT2D eigenvalue weighted by Crippen LogP contribution is -2.24. The smallest absolute Gasteiger partial charge is 0.251 e. The van der Waals surface area contributed by atoms with Gasteiger partial charge in [0.2, 0.25) is 10.0 Å². The summed E-state index contributed by atoms with van der Waals surface area (Å²) in [5, 5.41) is 6.98. The lowest BCUT2D eigenvalue weighted by molar-refractivity contribution is 0.0950. The standard InChI is InChI=1S/C20H22N4O4S/c1-21-29(26,27)19-12-17(8-9-18(19)28-2)20(25)22-13-15-4-6-16(7-5-15)14-24-11-3-10-23-24/h3-12,21H,13-14H2,1-2H3,(H,22,25). The van der Waals surface area contributed by atoms with E-state index in [9.17, 15) is 13.2 Å². The van der Waals surface area contributed by atoms with Gasteiger partial charge in [-0.25, -0.2) is 13.1 Å². The number of nitrogens with one attached hydrogen (secondary N) is 2. The lowest BCUT2D eigenvalue weighted by atomic mass is 10.1. The lowest BCUT2D eigenvalue weighted by Gasteiger charge is -2.11. The Morgan fingerprint density at radius 1 is 1.14 bits per heavy atom. The van der Waals surface area contributed by atoms with Gasteiger partial charge < -0.3 is 10.1 Å². The van der Waals surface area contributed by atoms with Crippen LogP contribution in [0.5, 0.6) is 5.75 Å². The fraction of sp³-hybridized carbons (Fsp3) is 0.200. The third-order valence-electron chi connectivity index (χ3n) is 4.36. The summed E-state index contributed by atoms with van der Waals surface area (Å²) >= 11 is 0. The molecule has 3 rings (SSSR count). The summed E-state index contributed by atoms with van der Waals surface area (Å²) in [6.45, 7) is 0.995. The number of carbonyl (C=O) groups excluding carboxylic acids is 1. The molecule has 1 aromatic heterocycles. The van der Waals surface area contributed by atoms with E-state index in [1.165, 1.54) is 32.4 Å². The van der Waals surface area contributed by atoms with Gasteiger partial charge in [-0.2, -0.15) is 5.10 Å². The molecule has 29 heavy (non-hydrogen) atoms. The third-order valence-corrected chi connectivity index (χ3v) is 5.80. The Hall–Kier alpha value is -3.17. The maximum atomic E-state index is 12.5. The van der Waals surface area contributed by atoms with Crippen LogP contribution in [0.4, 0.5) is 0 Å². The van der Waals surface area contributed by atoms with E-state index in [0.29, 0.717) is 13.1 Å². The van der Waals surface area contributed by atoms with Gasteiger partial charge in [-0.1, -0.05) is 24.3 Å². The number of amides is 1. The number of methoxy groups -OCH3 is 1. The van der Waals surface area contributed by atoms with Gasteiger partial charge in [0.05, 0.1) is 13.7 Å². The molecule has 0 saturated heterocycles. The molecule has 1 amide bonds. The molecule has 2 aromatic carbocycles. The number of benzene rings is 2. The van der Waals surface area contributed by atoms with Crippen LogP contribution in [0.3, 0.4) is 0 Å². The minimum Gasteiger partial charge on any atom is -0.495 e. The van der Waals surface area contributed by atoms with E-state index in [1.54, 1.807) is 6.20 Å². The number of nitrogens with zero attached hydrogens (tertiary/aromatic N) is 2. The van der Waals surface area contributed by atoms with Crippen molar-refractivity contribution in [3.8, 4) is 5.75 Å². The average Bonchev–Trinajstić information content (AvgIpc) is 3.25. The van der Waals surface area contributed by atoms with Gasteiger partial charge in [-0.15, -0.1) is 0 Å². The van der Waals surface area contributed by atoms with Crippen LogP contribution in [0.2, 0.25) is 0 Å². The van der Waals surface area contributed by atoms with Gasteiger partial charge in [0.25, 0.3) is 5.91 Å². The molecule has 0 saturated carbocycles. The van der Waals surface area contributed by atoms with Gasteiger partial charge in [-0.05, 0) is 42.4 Å². The molecular weight excluding hydrogens is 392 g/mol. The molecule has 1 heterocycles. The maximum Gasteiger partial charge on any atom is 0.251 e. The zero-order chi connectivity index (χ0) is 20.9. The summed E-state index contributed by atoms with van der Waals surface area (Å²) in [5.41, 5.74) is 2.26. The number of rotatable bonds is 8. The van der Waals surface area contributed by atoms with Gasteiger partial charge in [0.15, 0.2) is 0 Å². The number of sulfonamides is 1. The summed E-state index contributed by atoms with van der Waals surface area (Å²) in [4.78, 5) is 12.4. The second-order valence-electron chi connectivity index (χ2n) is 6.28. The summed E-state index contributed by atoms with van der Waals surface area (Å²) in [6, 6.07) is 14.0. The van der Waals surface area contributed by atoms with Crippen molar-refractivity contribution in [1.29, 1.82) is 0 Å². The first kappa shape index (κ1) is 20.6. The average molecular weight is 414 g/mol.